The van der Waals surface area contributed by atoms with Crippen LogP contribution in [0.25, 0.3) is 0 Å². The van der Waals surface area contributed by atoms with E-state index < -0.39 is 0 Å². The maximum atomic E-state index is 12.6. The summed E-state index contributed by atoms with van der Waals surface area (Å²) in [5, 5.41) is 0. The Balaban J connectivity index is 1.59. The van der Waals surface area contributed by atoms with Gasteiger partial charge in [-0.3, -0.25) is 4.79 Å². The number of ether oxygens (including phenoxy) is 1. The van der Waals surface area contributed by atoms with Crippen LogP contribution in [0.3, 0.4) is 0 Å². The van der Waals surface area contributed by atoms with Crippen molar-refractivity contribution < 1.29 is 13.9 Å². The number of furan rings is 1. The van der Waals surface area contributed by atoms with Gasteiger partial charge in [0, 0.05) is 31.3 Å². The van der Waals surface area contributed by atoms with Gasteiger partial charge in [0.1, 0.15) is 0 Å². The zero-order valence-electron chi connectivity index (χ0n) is 14.0. The van der Waals surface area contributed by atoms with Crippen molar-refractivity contribution in [2.24, 2.45) is 5.92 Å². The van der Waals surface area contributed by atoms with Gasteiger partial charge in [-0.2, -0.15) is 0 Å². The molecule has 6 heteroatoms. The molecule has 2 aliphatic rings. The van der Waals surface area contributed by atoms with Crippen molar-refractivity contribution in [3.05, 3.63) is 41.9 Å². The van der Waals surface area contributed by atoms with E-state index in [0.29, 0.717) is 32.1 Å². The number of hydrogen-bond donors (Lipinski definition) is 0. The Morgan fingerprint density at radius 2 is 2.33 bits per heavy atom. The molecule has 1 atom stereocenters. The maximum absolute atomic E-state index is 12.6. The van der Waals surface area contributed by atoms with Crippen molar-refractivity contribution in [3.8, 4) is 0 Å². The molecule has 0 N–H and O–H groups in total. The SMILES string of the molecule is CCOC[C@@H]1CN(C(=O)c2ccco2)Cc2ncn(CC3CC3)c21. The summed E-state index contributed by atoms with van der Waals surface area (Å²) in [7, 11) is 0. The van der Waals surface area contributed by atoms with E-state index in [9.17, 15) is 4.79 Å². The van der Waals surface area contributed by atoms with Gasteiger partial charge in [0.15, 0.2) is 5.76 Å². The molecule has 24 heavy (non-hydrogen) atoms. The Bertz CT molecular complexity index is 703. The Morgan fingerprint density at radius 3 is 3.04 bits per heavy atom. The van der Waals surface area contributed by atoms with Crippen molar-refractivity contribution >= 4 is 5.91 Å². The van der Waals surface area contributed by atoms with Crippen LogP contribution in [-0.2, 0) is 17.8 Å². The first-order chi connectivity index (χ1) is 11.8. The molecule has 1 amide bonds. The molecule has 1 aliphatic carbocycles. The van der Waals surface area contributed by atoms with Crippen molar-refractivity contribution in [1.29, 1.82) is 0 Å². The minimum Gasteiger partial charge on any atom is -0.459 e. The normalized spacial score (nSPS) is 20.2. The lowest BCUT2D eigenvalue weighted by atomic mass is 9.98. The van der Waals surface area contributed by atoms with Gasteiger partial charge in [0.2, 0.25) is 0 Å². The number of aromatic nitrogens is 2. The number of hydrogen-bond acceptors (Lipinski definition) is 4. The van der Waals surface area contributed by atoms with Gasteiger partial charge < -0.3 is 18.6 Å². The number of fused-ring (bicyclic) bond motifs is 1. The second-order valence-corrected chi connectivity index (χ2v) is 6.69. The predicted octanol–water partition coefficient (Wildman–Crippen LogP) is 2.66. The Labute approximate surface area is 141 Å². The third kappa shape index (κ3) is 2.98. The summed E-state index contributed by atoms with van der Waals surface area (Å²) in [4.78, 5) is 19.1. The van der Waals surface area contributed by atoms with E-state index in [2.05, 4.69) is 9.55 Å². The highest BCUT2D eigenvalue weighted by Gasteiger charge is 2.34. The van der Waals surface area contributed by atoms with E-state index in [1.54, 1.807) is 12.1 Å². The van der Waals surface area contributed by atoms with Crippen LogP contribution in [0.4, 0.5) is 0 Å². The van der Waals surface area contributed by atoms with E-state index >= 15 is 0 Å². The molecule has 6 nitrogen and oxygen atoms in total. The smallest absolute Gasteiger partial charge is 0.289 e. The second-order valence-electron chi connectivity index (χ2n) is 6.69. The summed E-state index contributed by atoms with van der Waals surface area (Å²) in [6, 6.07) is 3.45. The molecule has 0 bridgehead atoms. The Kier molecular flexibility index (Phi) is 4.14. The van der Waals surface area contributed by atoms with Crippen LogP contribution in [0.15, 0.2) is 29.1 Å². The van der Waals surface area contributed by atoms with Crippen LogP contribution in [0.5, 0.6) is 0 Å². The molecule has 2 aromatic heterocycles. The third-order valence-electron chi connectivity index (χ3n) is 4.82. The topological polar surface area (TPSA) is 60.5 Å². The zero-order valence-corrected chi connectivity index (χ0v) is 14.0. The van der Waals surface area contributed by atoms with Crippen LogP contribution in [0.2, 0.25) is 0 Å². The predicted molar refractivity (Wildman–Crippen MR) is 87.6 cm³/mol. The van der Waals surface area contributed by atoms with Gasteiger partial charge in [-0.1, -0.05) is 0 Å². The lowest BCUT2D eigenvalue weighted by molar-refractivity contribution is 0.0615. The standard InChI is InChI=1S/C18H23N3O3/c1-2-23-11-14-9-20(18(22)16-4-3-7-24-16)10-15-17(14)21(12-19-15)8-13-5-6-13/h3-4,7,12-14H,2,5-6,8-11H2,1H3/t14-/m0/s1. The van der Waals surface area contributed by atoms with Gasteiger partial charge >= 0.3 is 0 Å². The fourth-order valence-corrected chi connectivity index (χ4v) is 3.45. The van der Waals surface area contributed by atoms with Crippen molar-refractivity contribution in [1.82, 2.24) is 14.5 Å². The first kappa shape index (κ1) is 15.4. The van der Waals surface area contributed by atoms with E-state index in [-0.39, 0.29) is 11.8 Å². The molecule has 128 valence electrons. The van der Waals surface area contributed by atoms with Crippen LogP contribution in [0.1, 0.15) is 47.6 Å². The lowest BCUT2D eigenvalue weighted by Gasteiger charge is -2.32. The fraction of sp³-hybridized carbons (Fsp3) is 0.556. The summed E-state index contributed by atoms with van der Waals surface area (Å²) in [5.74, 6) is 1.25. The summed E-state index contributed by atoms with van der Waals surface area (Å²) < 4.78 is 13.2. The largest absolute Gasteiger partial charge is 0.459 e. The Morgan fingerprint density at radius 1 is 1.46 bits per heavy atom. The molecule has 0 unspecified atom stereocenters. The highest BCUT2D eigenvalue weighted by molar-refractivity contribution is 5.91. The van der Waals surface area contributed by atoms with Crippen molar-refractivity contribution in [2.45, 2.75) is 38.8 Å². The number of nitrogens with zero attached hydrogens (tertiary/aromatic N) is 3. The van der Waals surface area contributed by atoms with E-state index in [0.717, 1.165) is 18.2 Å². The lowest BCUT2D eigenvalue weighted by Crippen LogP contribution is -2.40. The third-order valence-corrected chi connectivity index (χ3v) is 4.82. The van der Waals surface area contributed by atoms with Crippen LogP contribution < -0.4 is 0 Å². The summed E-state index contributed by atoms with van der Waals surface area (Å²) in [6.45, 7) is 5.50. The maximum Gasteiger partial charge on any atom is 0.289 e. The molecule has 1 fully saturated rings. The average molecular weight is 329 g/mol. The summed E-state index contributed by atoms with van der Waals surface area (Å²) >= 11 is 0. The van der Waals surface area contributed by atoms with Crippen LogP contribution in [-0.4, -0.2) is 40.1 Å². The van der Waals surface area contributed by atoms with Crippen LogP contribution in [0, 0.1) is 5.92 Å². The molecular formula is C18H23N3O3. The molecule has 0 saturated heterocycles. The van der Waals surface area contributed by atoms with Gasteiger partial charge in [-0.15, -0.1) is 0 Å². The molecule has 0 radical (unpaired) electrons. The average Bonchev–Trinajstić information content (AvgIpc) is 3.09. The molecule has 0 spiro atoms. The molecule has 4 rings (SSSR count). The van der Waals surface area contributed by atoms with Crippen molar-refractivity contribution in [2.75, 3.05) is 19.8 Å². The highest BCUT2D eigenvalue weighted by Crippen LogP contribution is 2.34. The highest BCUT2D eigenvalue weighted by atomic mass is 16.5. The number of imidazole rings is 1. The second kappa shape index (κ2) is 6.43. The van der Waals surface area contributed by atoms with Gasteiger partial charge in [-0.05, 0) is 37.8 Å². The van der Waals surface area contributed by atoms with E-state index in [1.807, 2.05) is 18.2 Å². The summed E-state index contributed by atoms with van der Waals surface area (Å²) in [6.07, 6.45) is 6.09. The van der Waals surface area contributed by atoms with Gasteiger partial charge in [0.05, 0.1) is 31.4 Å². The summed E-state index contributed by atoms with van der Waals surface area (Å²) in [5.41, 5.74) is 2.24. The van der Waals surface area contributed by atoms with Gasteiger partial charge in [-0.25, -0.2) is 4.98 Å². The molecule has 2 aromatic rings. The molecule has 1 saturated carbocycles. The number of carbonyl (C=O) groups excluding carboxylic acids is 1. The van der Waals surface area contributed by atoms with Crippen molar-refractivity contribution in [3.63, 3.8) is 0 Å². The minimum atomic E-state index is -0.0797. The quantitative estimate of drug-likeness (QED) is 0.817. The number of carbonyl (C=O) groups is 1. The zero-order chi connectivity index (χ0) is 16.5. The number of amides is 1. The van der Waals surface area contributed by atoms with E-state index in [1.165, 1.54) is 24.8 Å². The first-order valence-corrected chi connectivity index (χ1v) is 8.70. The molecule has 0 aromatic carbocycles. The fourth-order valence-electron chi connectivity index (χ4n) is 3.45. The molecule has 3 heterocycles. The molecular weight excluding hydrogens is 306 g/mol. The first-order valence-electron chi connectivity index (χ1n) is 8.70. The van der Waals surface area contributed by atoms with Crippen LogP contribution >= 0.6 is 0 Å². The monoisotopic (exact) mass is 329 g/mol. The minimum absolute atomic E-state index is 0.0797. The number of rotatable bonds is 6. The Hall–Kier alpha value is -2.08. The van der Waals surface area contributed by atoms with Gasteiger partial charge in [0.25, 0.3) is 5.91 Å². The van der Waals surface area contributed by atoms with E-state index in [4.69, 9.17) is 9.15 Å². The molecule has 1 aliphatic heterocycles.